The molecule has 0 N–H and O–H groups in total. The number of furan rings is 1. The Balaban J connectivity index is 1.04. The number of fused-ring (bicyclic) bond motifs is 7. The Morgan fingerprint density at radius 3 is 1.70 bits per heavy atom. The van der Waals surface area contributed by atoms with Crippen molar-refractivity contribution in [2.24, 2.45) is 0 Å². The molecule has 0 aliphatic heterocycles. The Bertz CT molecular complexity index is 3250. The van der Waals surface area contributed by atoms with Crippen molar-refractivity contribution in [1.29, 1.82) is 0 Å². The van der Waals surface area contributed by atoms with E-state index >= 15 is 0 Å². The largest absolute Gasteiger partial charge is 0.456 e. The fourth-order valence-electron chi connectivity index (χ4n) is 8.53. The molecule has 2 heteroatoms. The van der Waals surface area contributed by atoms with Crippen LogP contribution in [0.1, 0.15) is 0 Å². The summed E-state index contributed by atoms with van der Waals surface area (Å²) in [5.41, 5.74) is 12.1. The minimum Gasteiger partial charge on any atom is -0.456 e. The summed E-state index contributed by atoms with van der Waals surface area (Å²) in [6.45, 7) is 0. The number of hydrogen-bond donors (Lipinski definition) is 0. The minimum atomic E-state index is 0.895. The normalized spacial score (nSPS) is 11.6. The first-order valence-corrected chi connectivity index (χ1v) is 19.2. The fourth-order valence-corrected chi connectivity index (χ4v) is 8.53. The molecule has 0 aliphatic carbocycles. The van der Waals surface area contributed by atoms with E-state index in [4.69, 9.17) is 4.42 Å². The highest BCUT2D eigenvalue weighted by Gasteiger charge is 2.17. The lowest BCUT2D eigenvalue weighted by molar-refractivity contribution is 0.669. The fraction of sp³-hybridized carbons (Fsp3) is 0. The molecule has 1 aromatic heterocycles. The molecule has 0 spiro atoms. The van der Waals surface area contributed by atoms with E-state index in [2.05, 4.69) is 205 Å². The highest BCUT2D eigenvalue weighted by molar-refractivity contribution is 6.14. The van der Waals surface area contributed by atoms with E-state index in [-0.39, 0.29) is 0 Å². The topological polar surface area (TPSA) is 16.4 Å². The van der Waals surface area contributed by atoms with E-state index in [1.54, 1.807) is 0 Å². The Morgan fingerprint density at radius 1 is 0.286 bits per heavy atom. The summed E-state index contributed by atoms with van der Waals surface area (Å²) in [4.78, 5) is 2.36. The molecule has 262 valence electrons. The van der Waals surface area contributed by atoms with Crippen molar-refractivity contribution in [1.82, 2.24) is 0 Å². The third-order valence-electron chi connectivity index (χ3n) is 11.2. The molecule has 0 unspecified atom stereocenters. The van der Waals surface area contributed by atoms with Crippen LogP contribution < -0.4 is 4.90 Å². The molecular weight excluding hydrogens is 679 g/mol. The third-order valence-corrected chi connectivity index (χ3v) is 11.2. The Morgan fingerprint density at radius 2 is 0.893 bits per heavy atom. The van der Waals surface area contributed by atoms with Crippen LogP contribution in [0, 0.1) is 0 Å². The zero-order chi connectivity index (χ0) is 37.0. The highest BCUT2D eigenvalue weighted by atomic mass is 16.3. The van der Waals surface area contributed by atoms with Gasteiger partial charge in [-0.3, -0.25) is 0 Å². The van der Waals surface area contributed by atoms with Crippen LogP contribution in [-0.4, -0.2) is 0 Å². The molecule has 0 amide bonds. The van der Waals surface area contributed by atoms with Crippen LogP contribution in [0.25, 0.3) is 87.6 Å². The summed E-state index contributed by atoms with van der Waals surface area (Å²) in [5.74, 6) is 0. The van der Waals surface area contributed by atoms with Crippen molar-refractivity contribution >= 4 is 71.3 Å². The summed E-state index contributed by atoms with van der Waals surface area (Å²) in [6, 6.07) is 76.6. The van der Waals surface area contributed by atoms with Crippen molar-refractivity contribution in [2.75, 3.05) is 4.90 Å². The van der Waals surface area contributed by atoms with Crippen LogP contribution in [0.3, 0.4) is 0 Å². The summed E-state index contributed by atoms with van der Waals surface area (Å²) >= 11 is 0. The minimum absolute atomic E-state index is 0.895. The average molecular weight is 714 g/mol. The van der Waals surface area contributed by atoms with Gasteiger partial charge in [-0.05, 0) is 126 Å². The second-order valence-corrected chi connectivity index (χ2v) is 14.5. The van der Waals surface area contributed by atoms with Gasteiger partial charge in [-0.15, -0.1) is 0 Å². The van der Waals surface area contributed by atoms with Gasteiger partial charge in [0, 0.05) is 27.8 Å². The number of rotatable bonds is 6. The summed E-state index contributed by atoms with van der Waals surface area (Å²) < 4.78 is 6.29. The Kier molecular flexibility index (Phi) is 7.53. The van der Waals surface area contributed by atoms with Gasteiger partial charge in [0.05, 0.1) is 0 Å². The monoisotopic (exact) mass is 713 g/mol. The van der Waals surface area contributed by atoms with Crippen LogP contribution in [0.5, 0.6) is 0 Å². The SMILES string of the molecule is c1cc(-c2cccc3oc4ccccc4c23)cc(N(c2ccc(-c3ccc4ccccc4c3)cc2)c2ccc(-c3cc4ccccc4c4ccccc34)cc2)c1. The first-order valence-electron chi connectivity index (χ1n) is 19.2. The summed E-state index contributed by atoms with van der Waals surface area (Å²) in [7, 11) is 0. The first-order chi connectivity index (χ1) is 27.7. The molecule has 2 nitrogen and oxygen atoms in total. The molecule has 0 saturated carbocycles. The molecule has 10 aromatic carbocycles. The van der Waals surface area contributed by atoms with Crippen molar-refractivity contribution < 1.29 is 4.42 Å². The number of benzene rings is 10. The number of nitrogens with zero attached hydrogens (tertiary/aromatic N) is 1. The number of anilines is 3. The predicted octanol–water partition coefficient (Wildman–Crippen LogP) is 15.5. The van der Waals surface area contributed by atoms with Crippen molar-refractivity contribution in [2.45, 2.75) is 0 Å². The standard InChI is InChI=1S/C54H35NO/c1-2-12-39-33-40(24-23-36(39)11-1)37-25-29-43(30-26-37)55(45-15-9-14-41(34-45)47-20-10-22-53-54(47)50-19-7-8-21-52(50)56-53)44-31-27-38(28-32-44)51-35-42-13-3-4-16-46(42)48-17-5-6-18-49(48)51/h1-35H. The van der Waals surface area contributed by atoms with E-state index in [0.717, 1.165) is 50.1 Å². The maximum atomic E-state index is 6.29. The lowest BCUT2D eigenvalue weighted by Crippen LogP contribution is -2.10. The molecule has 11 rings (SSSR count). The van der Waals surface area contributed by atoms with Gasteiger partial charge < -0.3 is 9.32 Å². The summed E-state index contributed by atoms with van der Waals surface area (Å²) in [5, 5.41) is 9.81. The molecule has 0 saturated heterocycles. The molecule has 11 aromatic rings. The van der Waals surface area contributed by atoms with Crippen LogP contribution in [-0.2, 0) is 0 Å². The smallest absolute Gasteiger partial charge is 0.136 e. The van der Waals surface area contributed by atoms with E-state index in [0.29, 0.717) is 0 Å². The number of para-hydroxylation sites is 1. The molecule has 56 heavy (non-hydrogen) atoms. The highest BCUT2D eigenvalue weighted by Crippen LogP contribution is 2.42. The second-order valence-electron chi connectivity index (χ2n) is 14.5. The Labute approximate surface area is 325 Å². The van der Waals surface area contributed by atoms with Crippen molar-refractivity contribution in [3.05, 3.63) is 212 Å². The summed E-state index contributed by atoms with van der Waals surface area (Å²) in [6.07, 6.45) is 0. The molecule has 1 heterocycles. The zero-order valence-electron chi connectivity index (χ0n) is 30.6. The van der Waals surface area contributed by atoms with E-state index in [9.17, 15) is 0 Å². The van der Waals surface area contributed by atoms with Gasteiger partial charge in [0.2, 0.25) is 0 Å². The van der Waals surface area contributed by atoms with Gasteiger partial charge in [-0.2, -0.15) is 0 Å². The predicted molar refractivity (Wildman–Crippen MR) is 237 cm³/mol. The first kappa shape index (κ1) is 32.0. The maximum absolute atomic E-state index is 6.29. The van der Waals surface area contributed by atoms with Gasteiger partial charge in [0.1, 0.15) is 11.2 Å². The van der Waals surface area contributed by atoms with Gasteiger partial charge in [-0.25, -0.2) is 0 Å². The second kappa shape index (κ2) is 13.2. The maximum Gasteiger partial charge on any atom is 0.136 e. The Hall–Kier alpha value is -7.42. The van der Waals surface area contributed by atoms with E-state index in [1.807, 2.05) is 12.1 Å². The van der Waals surface area contributed by atoms with Crippen LogP contribution in [0.4, 0.5) is 17.1 Å². The quantitative estimate of drug-likeness (QED) is 0.160. The molecular formula is C54H35NO. The van der Waals surface area contributed by atoms with Crippen LogP contribution >= 0.6 is 0 Å². The van der Waals surface area contributed by atoms with Gasteiger partial charge in [-0.1, -0.05) is 152 Å². The van der Waals surface area contributed by atoms with E-state index < -0.39 is 0 Å². The zero-order valence-corrected chi connectivity index (χ0v) is 30.6. The lowest BCUT2D eigenvalue weighted by Gasteiger charge is -2.26. The lowest BCUT2D eigenvalue weighted by atomic mass is 9.93. The molecule has 0 radical (unpaired) electrons. The molecule has 0 bridgehead atoms. The average Bonchev–Trinajstić information content (AvgIpc) is 3.66. The van der Waals surface area contributed by atoms with Gasteiger partial charge >= 0.3 is 0 Å². The molecule has 0 aliphatic rings. The van der Waals surface area contributed by atoms with Gasteiger partial charge in [0.25, 0.3) is 0 Å². The van der Waals surface area contributed by atoms with Crippen LogP contribution in [0.2, 0.25) is 0 Å². The number of hydrogen-bond acceptors (Lipinski definition) is 2. The van der Waals surface area contributed by atoms with Crippen LogP contribution in [0.15, 0.2) is 217 Å². The van der Waals surface area contributed by atoms with E-state index in [1.165, 1.54) is 54.6 Å². The van der Waals surface area contributed by atoms with Gasteiger partial charge in [0.15, 0.2) is 0 Å². The van der Waals surface area contributed by atoms with Crippen molar-refractivity contribution in [3.8, 4) is 33.4 Å². The molecule has 0 fully saturated rings. The molecule has 0 atom stereocenters. The third kappa shape index (κ3) is 5.42. The van der Waals surface area contributed by atoms with Crippen molar-refractivity contribution in [3.63, 3.8) is 0 Å².